The van der Waals surface area contributed by atoms with Gasteiger partial charge in [0.25, 0.3) is 0 Å². The summed E-state index contributed by atoms with van der Waals surface area (Å²) in [5, 5.41) is 0. The van der Waals surface area contributed by atoms with Gasteiger partial charge >= 0.3 is 0 Å². The zero-order valence-corrected chi connectivity index (χ0v) is 25.0. The van der Waals surface area contributed by atoms with Gasteiger partial charge in [0.2, 0.25) is 0 Å². The molecule has 5 heteroatoms. The lowest BCUT2D eigenvalue weighted by atomic mass is 10.3. The second-order valence-electron chi connectivity index (χ2n) is 5.35. The van der Waals surface area contributed by atoms with Crippen molar-refractivity contribution in [2.45, 2.75) is 90.0 Å². The van der Waals surface area contributed by atoms with E-state index < -0.39 is 0 Å². The van der Waals surface area contributed by atoms with Crippen LogP contribution in [0.3, 0.4) is 0 Å². The van der Waals surface area contributed by atoms with Crippen LogP contribution in [0.5, 0.6) is 0 Å². The van der Waals surface area contributed by atoms with Crippen LogP contribution < -0.4 is 9.80 Å². The second-order valence-corrected chi connectivity index (χ2v) is 6.20. The van der Waals surface area contributed by atoms with Gasteiger partial charge < -0.3 is 9.80 Å². The molecule has 0 spiro atoms. The molecule has 188 valence electrons. The Morgan fingerprint density at radius 3 is 1.50 bits per heavy atom. The first-order valence-corrected chi connectivity index (χ1v) is 13.4. The van der Waals surface area contributed by atoms with E-state index in [1.165, 1.54) is 5.56 Å². The van der Waals surface area contributed by atoms with Crippen LogP contribution in [-0.4, -0.2) is 36.1 Å². The van der Waals surface area contributed by atoms with Gasteiger partial charge in [-0.15, -0.1) is 0 Å². The molecule has 2 rings (SSSR count). The second kappa shape index (κ2) is 29.4. The van der Waals surface area contributed by atoms with E-state index in [0.717, 1.165) is 42.3 Å². The Morgan fingerprint density at radius 2 is 1.16 bits per heavy atom. The molecular formula is C27H53BrN4. The van der Waals surface area contributed by atoms with E-state index in [1.54, 1.807) is 0 Å². The van der Waals surface area contributed by atoms with Crippen LogP contribution in [0.25, 0.3) is 0 Å². The van der Waals surface area contributed by atoms with Crippen molar-refractivity contribution in [2.75, 3.05) is 36.0 Å². The number of pyridine rings is 2. The van der Waals surface area contributed by atoms with Crippen molar-refractivity contribution in [1.82, 2.24) is 9.97 Å². The van der Waals surface area contributed by atoms with Crippen LogP contribution in [0.15, 0.2) is 41.1 Å². The fourth-order valence-electron chi connectivity index (χ4n) is 2.33. The van der Waals surface area contributed by atoms with Crippen LogP contribution in [0, 0.1) is 6.92 Å². The Hall–Kier alpha value is -1.62. The fourth-order valence-corrected chi connectivity index (χ4v) is 2.83. The molecule has 0 fully saturated rings. The maximum Gasteiger partial charge on any atom is 0.142 e. The molecule has 32 heavy (non-hydrogen) atoms. The number of aromatic nitrogens is 2. The first kappa shape index (κ1) is 37.7. The standard InChI is InChI=1S/C10H16N2.C9H13BrN2.4C2H6/c1-4-12(5-2)10-7-6-9(3)8-11-10;1-3-12(4-2)9-8(10)6-5-7-11-9;4*1-2/h6-8H,4-5H2,1-3H3;5-7H,3-4H2,1-2H3;4*1-2H3. The summed E-state index contributed by atoms with van der Waals surface area (Å²) >= 11 is 3.47. The zero-order valence-electron chi connectivity index (χ0n) is 23.5. The minimum Gasteiger partial charge on any atom is -0.357 e. The van der Waals surface area contributed by atoms with Crippen LogP contribution >= 0.6 is 15.9 Å². The van der Waals surface area contributed by atoms with Gasteiger partial charge in [0, 0.05) is 38.6 Å². The quantitative estimate of drug-likeness (QED) is 0.386. The SMILES string of the molecule is CC.CC.CC.CC.CCN(CC)c1ccc(C)cn1.CCN(CC)c1ncccc1Br. The number of hydrogen-bond acceptors (Lipinski definition) is 4. The Morgan fingerprint density at radius 1 is 0.688 bits per heavy atom. The van der Waals surface area contributed by atoms with Crippen LogP contribution in [0.1, 0.15) is 88.6 Å². The summed E-state index contributed by atoms with van der Waals surface area (Å²) in [5.41, 5.74) is 1.21. The Balaban J connectivity index is -0.000000187. The predicted octanol–water partition coefficient (Wildman–Crippen LogP) is 9.03. The minimum absolute atomic E-state index is 0.992. The lowest BCUT2D eigenvalue weighted by Crippen LogP contribution is -2.23. The molecule has 0 bridgehead atoms. The average molecular weight is 514 g/mol. The highest BCUT2D eigenvalue weighted by molar-refractivity contribution is 9.10. The molecule has 0 aliphatic rings. The molecule has 0 unspecified atom stereocenters. The normalized spacial score (nSPS) is 8.19. The van der Waals surface area contributed by atoms with Crippen molar-refractivity contribution < 1.29 is 0 Å². The molecule has 4 nitrogen and oxygen atoms in total. The summed E-state index contributed by atoms with van der Waals surface area (Å²) in [4.78, 5) is 13.1. The van der Waals surface area contributed by atoms with Crippen LogP contribution in [-0.2, 0) is 0 Å². The van der Waals surface area contributed by atoms with Gasteiger partial charge in [-0.3, -0.25) is 0 Å². The first-order chi connectivity index (χ1) is 15.6. The molecule has 0 saturated carbocycles. The summed E-state index contributed by atoms with van der Waals surface area (Å²) in [6.45, 7) is 30.6. The van der Waals surface area contributed by atoms with Crippen molar-refractivity contribution in [3.8, 4) is 0 Å². The maximum atomic E-state index is 4.35. The third-order valence-corrected chi connectivity index (χ3v) is 4.40. The fraction of sp³-hybridized carbons (Fsp3) is 0.630. The van der Waals surface area contributed by atoms with Gasteiger partial charge in [-0.1, -0.05) is 61.5 Å². The van der Waals surface area contributed by atoms with Gasteiger partial charge in [0.1, 0.15) is 11.6 Å². The van der Waals surface area contributed by atoms with Gasteiger partial charge in [-0.25, -0.2) is 9.97 Å². The summed E-state index contributed by atoms with van der Waals surface area (Å²) in [6.07, 6.45) is 3.73. The first-order valence-electron chi connectivity index (χ1n) is 12.6. The molecule has 2 aromatic rings. The van der Waals surface area contributed by atoms with Gasteiger partial charge in [-0.2, -0.15) is 0 Å². The zero-order chi connectivity index (χ0) is 25.9. The van der Waals surface area contributed by atoms with Crippen molar-refractivity contribution in [3.05, 3.63) is 46.7 Å². The lowest BCUT2D eigenvalue weighted by Gasteiger charge is -2.20. The minimum atomic E-state index is 0.992. The molecule has 0 saturated heterocycles. The Bertz CT molecular complexity index is 580. The van der Waals surface area contributed by atoms with Gasteiger partial charge in [0.05, 0.1) is 4.47 Å². The number of anilines is 2. The van der Waals surface area contributed by atoms with E-state index in [9.17, 15) is 0 Å². The van der Waals surface area contributed by atoms with E-state index in [0.29, 0.717) is 0 Å². The average Bonchev–Trinajstić information content (AvgIpc) is 2.88. The molecule has 0 amide bonds. The number of rotatable bonds is 6. The van der Waals surface area contributed by atoms with Crippen LogP contribution in [0.4, 0.5) is 11.6 Å². The molecule has 0 aliphatic carbocycles. The van der Waals surface area contributed by atoms with Crippen molar-refractivity contribution in [1.29, 1.82) is 0 Å². The highest BCUT2D eigenvalue weighted by Gasteiger charge is 2.05. The number of halogens is 1. The molecule has 0 aromatic carbocycles. The summed E-state index contributed by atoms with van der Waals surface area (Å²) in [5.74, 6) is 2.10. The molecule has 0 N–H and O–H groups in total. The number of hydrogen-bond donors (Lipinski definition) is 0. The molecule has 0 atom stereocenters. The number of nitrogens with zero attached hydrogens (tertiary/aromatic N) is 4. The van der Waals surface area contributed by atoms with Crippen LogP contribution in [0.2, 0.25) is 0 Å². The molecular weight excluding hydrogens is 460 g/mol. The third-order valence-electron chi connectivity index (χ3n) is 3.79. The summed E-state index contributed by atoms with van der Waals surface area (Å²) < 4.78 is 1.06. The summed E-state index contributed by atoms with van der Waals surface area (Å²) in [7, 11) is 0. The molecule has 2 heterocycles. The highest BCUT2D eigenvalue weighted by Crippen LogP contribution is 2.22. The van der Waals surface area contributed by atoms with Gasteiger partial charge in [-0.05, 0) is 74.3 Å². The third kappa shape index (κ3) is 17.0. The largest absolute Gasteiger partial charge is 0.357 e. The Labute approximate surface area is 210 Å². The van der Waals surface area contributed by atoms with E-state index in [4.69, 9.17) is 0 Å². The smallest absolute Gasteiger partial charge is 0.142 e. The summed E-state index contributed by atoms with van der Waals surface area (Å²) in [6, 6.07) is 8.11. The Kier molecular flexibility index (Phi) is 34.6. The lowest BCUT2D eigenvalue weighted by molar-refractivity contribution is 0.843. The van der Waals surface area contributed by atoms with E-state index in [-0.39, 0.29) is 0 Å². The molecule has 2 aromatic heterocycles. The topological polar surface area (TPSA) is 32.3 Å². The van der Waals surface area contributed by atoms with Crippen molar-refractivity contribution in [3.63, 3.8) is 0 Å². The van der Waals surface area contributed by atoms with Crippen molar-refractivity contribution >= 4 is 27.6 Å². The highest BCUT2D eigenvalue weighted by atomic mass is 79.9. The molecule has 0 aliphatic heterocycles. The van der Waals surface area contributed by atoms with E-state index >= 15 is 0 Å². The van der Waals surface area contributed by atoms with Crippen molar-refractivity contribution in [2.24, 2.45) is 0 Å². The van der Waals surface area contributed by atoms with E-state index in [1.807, 2.05) is 79.9 Å². The maximum absolute atomic E-state index is 4.35. The monoisotopic (exact) mass is 512 g/mol. The van der Waals surface area contributed by atoms with E-state index in [2.05, 4.69) is 82.4 Å². The molecule has 0 radical (unpaired) electrons. The number of aryl methyl sites for hydroxylation is 1. The predicted molar refractivity (Wildman–Crippen MR) is 153 cm³/mol. The van der Waals surface area contributed by atoms with Gasteiger partial charge in [0.15, 0.2) is 0 Å².